The van der Waals surface area contributed by atoms with Crippen molar-refractivity contribution in [2.75, 3.05) is 20.1 Å². The number of rotatable bonds is 6. The maximum Gasteiger partial charge on any atom is 0.251 e. The Bertz CT molecular complexity index is 783. The summed E-state index contributed by atoms with van der Waals surface area (Å²) >= 11 is 6.26. The fourth-order valence-corrected chi connectivity index (χ4v) is 3.13. The average Bonchev–Trinajstić information content (AvgIpc) is 3.13. The molecule has 1 amide bonds. The highest BCUT2D eigenvalue weighted by Crippen LogP contribution is 2.28. The van der Waals surface area contributed by atoms with Crippen LogP contribution in [0.1, 0.15) is 54.4 Å². The highest BCUT2D eigenvalue weighted by atomic mass is 35.5. The standard InChI is InChI=1S/C20H26ClN3O3/c1-13(2)18-11-16(27-23-18)12-22-20(25)14-4-5-17(21)19(10-14)26-15-6-8-24(3)9-7-15/h4-5,10-11,13,15H,6-9,12H2,1-3H3,(H,22,25). The SMILES string of the molecule is CC(C)c1cc(CNC(=O)c2ccc(Cl)c(OC3CCN(C)CC3)c2)on1. The molecule has 2 heterocycles. The number of nitrogens with one attached hydrogen (secondary N) is 1. The van der Waals surface area contributed by atoms with E-state index in [2.05, 4.69) is 22.4 Å². The molecule has 1 fully saturated rings. The van der Waals surface area contributed by atoms with Crippen LogP contribution in [0.2, 0.25) is 5.02 Å². The van der Waals surface area contributed by atoms with Gasteiger partial charge in [0.25, 0.3) is 5.91 Å². The zero-order valence-corrected chi connectivity index (χ0v) is 16.8. The average molecular weight is 392 g/mol. The number of hydrogen-bond donors (Lipinski definition) is 1. The van der Waals surface area contributed by atoms with Crippen LogP contribution >= 0.6 is 11.6 Å². The maximum atomic E-state index is 12.5. The first-order valence-electron chi connectivity index (χ1n) is 9.31. The van der Waals surface area contributed by atoms with E-state index in [0.717, 1.165) is 31.6 Å². The molecule has 1 saturated heterocycles. The highest BCUT2D eigenvalue weighted by molar-refractivity contribution is 6.32. The van der Waals surface area contributed by atoms with Crippen molar-refractivity contribution in [3.05, 3.63) is 46.3 Å². The van der Waals surface area contributed by atoms with Crippen LogP contribution in [0.15, 0.2) is 28.8 Å². The van der Waals surface area contributed by atoms with Crippen LogP contribution in [0.5, 0.6) is 5.75 Å². The summed E-state index contributed by atoms with van der Waals surface area (Å²) in [7, 11) is 2.10. The summed E-state index contributed by atoms with van der Waals surface area (Å²) < 4.78 is 11.3. The molecule has 0 radical (unpaired) electrons. The Morgan fingerprint density at radius 2 is 2.11 bits per heavy atom. The third-order valence-corrected chi connectivity index (χ3v) is 5.06. The first-order chi connectivity index (χ1) is 12.9. The predicted octanol–water partition coefficient (Wildman–Crippen LogP) is 3.85. The minimum absolute atomic E-state index is 0.126. The summed E-state index contributed by atoms with van der Waals surface area (Å²) in [5.41, 5.74) is 1.38. The lowest BCUT2D eigenvalue weighted by molar-refractivity contribution is 0.0944. The Labute approximate surface area is 164 Å². The number of hydrogen-bond acceptors (Lipinski definition) is 5. The number of carbonyl (C=O) groups excluding carboxylic acids is 1. The van der Waals surface area contributed by atoms with Gasteiger partial charge >= 0.3 is 0 Å². The van der Waals surface area contributed by atoms with Crippen LogP contribution in [0.3, 0.4) is 0 Å². The molecule has 6 nitrogen and oxygen atoms in total. The molecule has 146 valence electrons. The van der Waals surface area contributed by atoms with E-state index in [9.17, 15) is 4.79 Å². The van der Waals surface area contributed by atoms with E-state index in [4.69, 9.17) is 20.9 Å². The number of likely N-dealkylation sites (tertiary alicyclic amines) is 1. The number of amides is 1. The van der Waals surface area contributed by atoms with Gasteiger partial charge in [-0.2, -0.15) is 0 Å². The molecule has 0 atom stereocenters. The summed E-state index contributed by atoms with van der Waals surface area (Å²) in [6.45, 7) is 6.36. The van der Waals surface area contributed by atoms with Gasteiger partial charge in [-0.05, 0) is 44.0 Å². The number of ether oxygens (including phenoxy) is 1. The smallest absolute Gasteiger partial charge is 0.251 e. The summed E-state index contributed by atoms with van der Waals surface area (Å²) in [4.78, 5) is 14.8. The van der Waals surface area contributed by atoms with Gasteiger partial charge in [0.05, 0.1) is 17.3 Å². The van der Waals surface area contributed by atoms with E-state index in [0.29, 0.717) is 22.1 Å². The van der Waals surface area contributed by atoms with E-state index in [1.807, 2.05) is 19.9 Å². The van der Waals surface area contributed by atoms with E-state index in [1.54, 1.807) is 18.2 Å². The number of benzene rings is 1. The molecule has 1 N–H and O–H groups in total. The second-order valence-corrected chi connectivity index (χ2v) is 7.73. The largest absolute Gasteiger partial charge is 0.489 e. The Hall–Kier alpha value is -2.05. The van der Waals surface area contributed by atoms with Crippen LogP contribution in [0.4, 0.5) is 0 Å². The Morgan fingerprint density at radius 3 is 2.78 bits per heavy atom. The van der Waals surface area contributed by atoms with Gasteiger partial charge in [0.15, 0.2) is 5.76 Å². The summed E-state index contributed by atoms with van der Waals surface area (Å²) in [5.74, 6) is 1.26. The molecule has 1 aromatic heterocycles. The monoisotopic (exact) mass is 391 g/mol. The normalized spacial score (nSPS) is 15.9. The maximum absolute atomic E-state index is 12.5. The van der Waals surface area contributed by atoms with Gasteiger partial charge in [-0.15, -0.1) is 0 Å². The predicted molar refractivity (Wildman–Crippen MR) is 104 cm³/mol. The van der Waals surface area contributed by atoms with Crippen LogP contribution in [0, 0.1) is 0 Å². The molecule has 0 aliphatic carbocycles. The van der Waals surface area contributed by atoms with E-state index in [1.165, 1.54) is 0 Å². The van der Waals surface area contributed by atoms with Gasteiger partial charge in [0.2, 0.25) is 0 Å². The number of piperidine rings is 1. The Kier molecular flexibility index (Phi) is 6.39. The molecule has 0 bridgehead atoms. The summed E-state index contributed by atoms with van der Waals surface area (Å²) in [5, 5.41) is 7.36. The second kappa shape index (κ2) is 8.76. The van der Waals surface area contributed by atoms with Gasteiger partial charge in [-0.1, -0.05) is 30.6 Å². The fraction of sp³-hybridized carbons (Fsp3) is 0.500. The first-order valence-corrected chi connectivity index (χ1v) is 9.68. The van der Waals surface area contributed by atoms with Crippen molar-refractivity contribution in [2.45, 2.75) is 45.3 Å². The molecule has 3 rings (SSSR count). The molecule has 2 aromatic rings. The van der Waals surface area contributed by atoms with E-state index < -0.39 is 0 Å². The molecule has 1 aliphatic heterocycles. The fourth-order valence-electron chi connectivity index (χ4n) is 2.97. The van der Waals surface area contributed by atoms with Crippen molar-refractivity contribution in [1.82, 2.24) is 15.4 Å². The third kappa shape index (κ3) is 5.23. The van der Waals surface area contributed by atoms with Gasteiger partial charge in [0, 0.05) is 24.7 Å². The lowest BCUT2D eigenvalue weighted by Gasteiger charge is -2.29. The van der Waals surface area contributed by atoms with Crippen LogP contribution in [-0.2, 0) is 6.54 Å². The van der Waals surface area contributed by atoms with Crippen molar-refractivity contribution in [3.8, 4) is 5.75 Å². The van der Waals surface area contributed by atoms with E-state index >= 15 is 0 Å². The number of halogens is 1. The van der Waals surface area contributed by atoms with Crippen molar-refractivity contribution in [3.63, 3.8) is 0 Å². The van der Waals surface area contributed by atoms with Gasteiger partial charge < -0.3 is 19.5 Å². The summed E-state index contributed by atoms with van der Waals surface area (Å²) in [6.07, 6.45) is 2.03. The topological polar surface area (TPSA) is 67.6 Å². The quantitative estimate of drug-likeness (QED) is 0.809. The zero-order chi connectivity index (χ0) is 19.4. The molecule has 7 heteroatoms. The zero-order valence-electron chi connectivity index (χ0n) is 16.0. The second-order valence-electron chi connectivity index (χ2n) is 7.32. The minimum atomic E-state index is -0.206. The van der Waals surface area contributed by atoms with Crippen molar-refractivity contribution in [1.29, 1.82) is 0 Å². The number of aromatic nitrogens is 1. The Morgan fingerprint density at radius 1 is 1.37 bits per heavy atom. The number of carbonyl (C=O) groups is 1. The lowest BCUT2D eigenvalue weighted by Crippen LogP contribution is -2.35. The molecule has 0 unspecified atom stereocenters. The minimum Gasteiger partial charge on any atom is -0.489 e. The summed E-state index contributed by atoms with van der Waals surface area (Å²) in [6, 6.07) is 6.96. The lowest BCUT2D eigenvalue weighted by atomic mass is 10.1. The highest BCUT2D eigenvalue weighted by Gasteiger charge is 2.20. The molecule has 1 aliphatic rings. The van der Waals surface area contributed by atoms with Crippen LogP contribution in [0.25, 0.3) is 0 Å². The molecule has 0 saturated carbocycles. The van der Waals surface area contributed by atoms with E-state index in [-0.39, 0.29) is 24.5 Å². The molecular weight excluding hydrogens is 366 g/mol. The van der Waals surface area contributed by atoms with Crippen LogP contribution in [-0.4, -0.2) is 42.2 Å². The first kappa shape index (κ1) is 19.7. The van der Waals surface area contributed by atoms with Crippen molar-refractivity contribution < 1.29 is 14.1 Å². The third-order valence-electron chi connectivity index (χ3n) is 4.74. The molecule has 27 heavy (non-hydrogen) atoms. The van der Waals surface area contributed by atoms with Crippen molar-refractivity contribution in [2.24, 2.45) is 0 Å². The van der Waals surface area contributed by atoms with Gasteiger partial charge in [-0.25, -0.2) is 0 Å². The van der Waals surface area contributed by atoms with Gasteiger partial charge in [-0.3, -0.25) is 4.79 Å². The molecular formula is C20H26ClN3O3. The Balaban J connectivity index is 1.61. The van der Waals surface area contributed by atoms with Crippen LogP contribution < -0.4 is 10.1 Å². The molecule has 1 aromatic carbocycles. The van der Waals surface area contributed by atoms with Crippen molar-refractivity contribution >= 4 is 17.5 Å². The van der Waals surface area contributed by atoms with Gasteiger partial charge in [0.1, 0.15) is 11.9 Å². The number of nitrogens with zero attached hydrogens (tertiary/aromatic N) is 2. The molecule has 0 spiro atoms.